The molecule has 24 heavy (non-hydrogen) atoms. The molecule has 0 aromatic heterocycles. The molecule has 0 saturated carbocycles. The third-order valence-electron chi connectivity index (χ3n) is 3.11. The highest BCUT2D eigenvalue weighted by atomic mass is 19.1. The van der Waals surface area contributed by atoms with Crippen molar-refractivity contribution in [3.8, 4) is 11.5 Å². The lowest BCUT2D eigenvalue weighted by molar-refractivity contribution is -0.118. The first-order valence-electron chi connectivity index (χ1n) is 7.18. The first-order valence-corrected chi connectivity index (χ1v) is 7.18. The summed E-state index contributed by atoms with van der Waals surface area (Å²) >= 11 is 0. The van der Waals surface area contributed by atoms with E-state index in [1.54, 1.807) is 18.2 Å². The molecule has 0 atom stereocenters. The van der Waals surface area contributed by atoms with Gasteiger partial charge in [-0.25, -0.2) is 8.78 Å². The molecule has 4 nitrogen and oxygen atoms in total. The lowest BCUT2D eigenvalue weighted by atomic mass is 10.1. The van der Waals surface area contributed by atoms with Crippen LogP contribution in [0.5, 0.6) is 11.5 Å². The number of ether oxygens (including phenoxy) is 2. The number of nitrogens with one attached hydrogen (secondary N) is 1. The van der Waals surface area contributed by atoms with Gasteiger partial charge in [0, 0.05) is 11.8 Å². The van der Waals surface area contributed by atoms with Gasteiger partial charge in [0.1, 0.15) is 11.6 Å². The van der Waals surface area contributed by atoms with E-state index in [2.05, 4.69) is 11.9 Å². The topological polar surface area (TPSA) is 47.6 Å². The molecule has 0 aliphatic carbocycles. The lowest BCUT2D eigenvalue weighted by Gasteiger charge is -2.12. The van der Waals surface area contributed by atoms with Crippen molar-refractivity contribution in [3.05, 3.63) is 66.3 Å². The predicted octanol–water partition coefficient (Wildman–Crippen LogP) is 3.72. The fourth-order valence-corrected chi connectivity index (χ4v) is 2.09. The number of benzene rings is 2. The van der Waals surface area contributed by atoms with Gasteiger partial charge in [-0.05, 0) is 36.2 Å². The normalized spacial score (nSPS) is 10.1. The van der Waals surface area contributed by atoms with E-state index in [-0.39, 0.29) is 12.3 Å². The van der Waals surface area contributed by atoms with Gasteiger partial charge in [-0.1, -0.05) is 12.1 Å². The molecule has 0 heterocycles. The summed E-state index contributed by atoms with van der Waals surface area (Å²) in [5, 5.41) is 2.36. The van der Waals surface area contributed by atoms with Crippen LogP contribution in [0.3, 0.4) is 0 Å². The molecule has 126 valence electrons. The van der Waals surface area contributed by atoms with Crippen LogP contribution in [-0.2, 0) is 11.2 Å². The van der Waals surface area contributed by atoms with Crippen molar-refractivity contribution in [2.24, 2.45) is 0 Å². The Kier molecular flexibility index (Phi) is 5.89. The lowest BCUT2D eigenvalue weighted by Crippen LogP contribution is -2.20. The fourth-order valence-electron chi connectivity index (χ4n) is 2.09. The van der Waals surface area contributed by atoms with Gasteiger partial charge < -0.3 is 14.8 Å². The minimum Gasteiger partial charge on any atom is -0.493 e. The second-order valence-corrected chi connectivity index (χ2v) is 4.97. The number of halogens is 2. The zero-order valence-corrected chi connectivity index (χ0v) is 13.1. The molecular weight excluding hydrogens is 316 g/mol. The van der Waals surface area contributed by atoms with Crippen LogP contribution in [0.4, 0.5) is 14.5 Å². The number of anilines is 1. The Bertz CT molecular complexity index is 727. The molecule has 0 radical (unpaired) electrons. The van der Waals surface area contributed by atoms with Gasteiger partial charge in [0.05, 0.1) is 7.11 Å². The van der Waals surface area contributed by atoms with Crippen molar-refractivity contribution in [1.29, 1.82) is 0 Å². The summed E-state index contributed by atoms with van der Waals surface area (Å²) in [7, 11) is 1.50. The van der Waals surface area contributed by atoms with Gasteiger partial charge in [-0.2, -0.15) is 0 Å². The molecule has 2 rings (SSSR count). The molecule has 0 aliphatic rings. The molecular formula is C18H17F2NO3. The molecule has 0 unspecified atom stereocenters. The first kappa shape index (κ1) is 17.5. The summed E-state index contributed by atoms with van der Waals surface area (Å²) in [6, 6.07) is 8.07. The number of methoxy groups -OCH3 is 1. The predicted molar refractivity (Wildman–Crippen MR) is 87.4 cm³/mol. The van der Waals surface area contributed by atoms with Gasteiger partial charge >= 0.3 is 0 Å². The van der Waals surface area contributed by atoms with Crippen LogP contribution in [0.2, 0.25) is 0 Å². The van der Waals surface area contributed by atoms with Crippen molar-refractivity contribution < 1.29 is 23.0 Å². The molecule has 6 heteroatoms. The number of hydrogen-bond acceptors (Lipinski definition) is 3. The van der Waals surface area contributed by atoms with Gasteiger partial charge in [0.15, 0.2) is 18.1 Å². The van der Waals surface area contributed by atoms with Crippen LogP contribution in [0, 0.1) is 11.6 Å². The second-order valence-electron chi connectivity index (χ2n) is 4.97. The average Bonchev–Trinajstić information content (AvgIpc) is 2.52. The van der Waals surface area contributed by atoms with Crippen LogP contribution in [0.15, 0.2) is 49.1 Å². The van der Waals surface area contributed by atoms with Crippen molar-refractivity contribution in [3.63, 3.8) is 0 Å². The number of rotatable bonds is 7. The first-order chi connectivity index (χ1) is 11.5. The van der Waals surface area contributed by atoms with Gasteiger partial charge in [-0.15, -0.1) is 6.58 Å². The zero-order chi connectivity index (χ0) is 17.5. The second kappa shape index (κ2) is 8.10. The number of amides is 1. The standard InChI is InChI=1S/C18H17F2NO3/c1-3-4-12-5-6-16(17(7-12)23-2)24-11-18(22)21-15-9-13(19)8-14(20)10-15/h3,5-10H,1,4,11H2,2H3,(H,21,22). The molecule has 0 aliphatic heterocycles. The van der Waals surface area contributed by atoms with Crippen LogP contribution >= 0.6 is 0 Å². The van der Waals surface area contributed by atoms with E-state index in [9.17, 15) is 13.6 Å². The van der Waals surface area contributed by atoms with Gasteiger partial charge in [0.25, 0.3) is 5.91 Å². The van der Waals surface area contributed by atoms with Crippen LogP contribution in [-0.4, -0.2) is 19.6 Å². The molecule has 2 aromatic rings. The number of carbonyl (C=O) groups excluding carboxylic acids is 1. The highest BCUT2D eigenvalue weighted by Gasteiger charge is 2.10. The summed E-state index contributed by atoms with van der Waals surface area (Å²) in [6.45, 7) is 3.34. The van der Waals surface area contributed by atoms with E-state index < -0.39 is 17.5 Å². The monoisotopic (exact) mass is 333 g/mol. The van der Waals surface area contributed by atoms with Crippen molar-refractivity contribution >= 4 is 11.6 Å². The number of hydrogen-bond donors (Lipinski definition) is 1. The SMILES string of the molecule is C=CCc1ccc(OCC(=O)Nc2cc(F)cc(F)c2)c(OC)c1. The van der Waals surface area contributed by atoms with E-state index >= 15 is 0 Å². The Morgan fingerprint density at radius 3 is 2.50 bits per heavy atom. The van der Waals surface area contributed by atoms with Crippen LogP contribution in [0.25, 0.3) is 0 Å². The minimum atomic E-state index is -0.773. The molecule has 1 amide bonds. The average molecular weight is 333 g/mol. The van der Waals surface area contributed by atoms with Gasteiger partial charge in [-0.3, -0.25) is 4.79 Å². The molecule has 2 aromatic carbocycles. The van der Waals surface area contributed by atoms with Crippen LogP contribution < -0.4 is 14.8 Å². The van der Waals surface area contributed by atoms with Crippen molar-refractivity contribution in [1.82, 2.24) is 0 Å². The maximum atomic E-state index is 13.1. The highest BCUT2D eigenvalue weighted by Crippen LogP contribution is 2.28. The fraction of sp³-hybridized carbons (Fsp3) is 0.167. The molecule has 1 N–H and O–H groups in total. The molecule has 0 spiro atoms. The Balaban J connectivity index is 1.99. The highest BCUT2D eigenvalue weighted by molar-refractivity contribution is 5.91. The summed E-state index contributed by atoms with van der Waals surface area (Å²) in [5.41, 5.74) is 1.02. The molecule has 0 fully saturated rings. The largest absolute Gasteiger partial charge is 0.493 e. The van der Waals surface area contributed by atoms with Crippen LogP contribution in [0.1, 0.15) is 5.56 Å². The smallest absolute Gasteiger partial charge is 0.262 e. The van der Waals surface area contributed by atoms with Crippen molar-refractivity contribution in [2.75, 3.05) is 19.0 Å². The third-order valence-corrected chi connectivity index (χ3v) is 3.11. The summed E-state index contributed by atoms with van der Waals surface area (Å²) < 4.78 is 36.8. The zero-order valence-electron chi connectivity index (χ0n) is 13.1. The van der Waals surface area contributed by atoms with E-state index in [4.69, 9.17) is 9.47 Å². The Morgan fingerprint density at radius 2 is 1.88 bits per heavy atom. The summed E-state index contributed by atoms with van der Waals surface area (Å²) in [5.74, 6) is -1.21. The quantitative estimate of drug-likeness (QED) is 0.786. The molecule has 0 bridgehead atoms. The van der Waals surface area contributed by atoms with Gasteiger partial charge in [0.2, 0.25) is 0 Å². The summed E-state index contributed by atoms with van der Waals surface area (Å²) in [6.07, 6.45) is 2.45. The summed E-state index contributed by atoms with van der Waals surface area (Å²) in [4.78, 5) is 11.8. The molecule has 0 saturated heterocycles. The third kappa shape index (κ3) is 4.81. The van der Waals surface area contributed by atoms with Crippen molar-refractivity contribution in [2.45, 2.75) is 6.42 Å². The van der Waals surface area contributed by atoms with E-state index in [0.29, 0.717) is 17.9 Å². The minimum absolute atomic E-state index is 0.0226. The van der Waals surface area contributed by atoms with E-state index in [0.717, 1.165) is 23.8 Å². The Morgan fingerprint density at radius 1 is 1.17 bits per heavy atom. The van der Waals surface area contributed by atoms with E-state index in [1.165, 1.54) is 7.11 Å². The number of allylic oxidation sites excluding steroid dienone is 1. The van der Waals surface area contributed by atoms with E-state index in [1.807, 2.05) is 6.07 Å². The maximum Gasteiger partial charge on any atom is 0.262 e. The Labute approximate surface area is 138 Å². The number of carbonyl (C=O) groups is 1. The maximum absolute atomic E-state index is 13.1. The Hall–Kier alpha value is -2.89.